The van der Waals surface area contributed by atoms with E-state index in [-0.39, 0.29) is 23.3 Å². The molecule has 1 unspecified atom stereocenters. The Balaban J connectivity index is 1.54. The highest BCUT2D eigenvalue weighted by Crippen LogP contribution is 2.25. The first-order valence-electron chi connectivity index (χ1n) is 9.97. The van der Waals surface area contributed by atoms with Crippen LogP contribution >= 0.6 is 0 Å². The second-order valence-electron chi connectivity index (χ2n) is 7.71. The minimum Gasteiger partial charge on any atom is -0.356 e. The van der Waals surface area contributed by atoms with Gasteiger partial charge in [0.25, 0.3) is 0 Å². The Bertz CT molecular complexity index is 978. The quantitative estimate of drug-likeness (QED) is 0.675. The van der Waals surface area contributed by atoms with Crippen LogP contribution in [0.25, 0.3) is 0 Å². The summed E-state index contributed by atoms with van der Waals surface area (Å²) in [6.07, 6.45) is 3.52. The number of aryl methyl sites for hydroxylation is 4. The topological polar surface area (TPSA) is 102 Å². The van der Waals surface area contributed by atoms with E-state index in [1.165, 1.54) is 10.5 Å². The molecule has 1 amide bonds. The minimum absolute atomic E-state index is 0.0822. The van der Waals surface area contributed by atoms with Crippen molar-refractivity contribution in [3.05, 3.63) is 29.3 Å². The average Bonchev–Trinajstić information content (AvgIpc) is 3.19. The largest absolute Gasteiger partial charge is 0.356 e. The third kappa shape index (κ3) is 4.69. The highest BCUT2D eigenvalue weighted by Gasteiger charge is 2.34. The van der Waals surface area contributed by atoms with Crippen LogP contribution in [0.1, 0.15) is 36.3 Å². The molecule has 1 fully saturated rings. The molecule has 9 nitrogen and oxygen atoms in total. The number of sulfonamides is 1. The van der Waals surface area contributed by atoms with E-state index in [4.69, 9.17) is 0 Å². The first-order valence-corrected chi connectivity index (χ1v) is 11.4. The number of nitrogens with one attached hydrogen (secondary N) is 1. The number of carbonyl (C=O) groups is 1. The lowest BCUT2D eigenvalue weighted by Gasteiger charge is -2.31. The summed E-state index contributed by atoms with van der Waals surface area (Å²) in [5.74, 6) is -0.412. The van der Waals surface area contributed by atoms with Crippen LogP contribution in [0.2, 0.25) is 0 Å². The molecule has 0 bridgehead atoms. The maximum absolute atomic E-state index is 13.0. The number of aromatic nitrogens is 4. The first-order chi connectivity index (χ1) is 13.7. The summed E-state index contributed by atoms with van der Waals surface area (Å²) in [4.78, 5) is 12.8. The van der Waals surface area contributed by atoms with E-state index >= 15 is 0 Å². The minimum atomic E-state index is -3.64. The number of amides is 1. The first kappa shape index (κ1) is 21.5. The lowest BCUT2D eigenvalue weighted by atomic mass is 9.99. The zero-order chi connectivity index (χ0) is 21.2. The van der Waals surface area contributed by atoms with Crippen LogP contribution < -0.4 is 5.32 Å². The Hall–Kier alpha value is -2.20. The number of carbonyl (C=O) groups excluding carboxylic acids is 1. The Kier molecular flexibility index (Phi) is 6.42. The van der Waals surface area contributed by atoms with Gasteiger partial charge >= 0.3 is 0 Å². The van der Waals surface area contributed by atoms with Gasteiger partial charge in [0.1, 0.15) is 4.90 Å². The molecule has 1 aliphatic rings. The van der Waals surface area contributed by atoms with Gasteiger partial charge in [-0.2, -0.15) is 14.5 Å². The molecular weight excluding hydrogens is 392 g/mol. The van der Waals surface area contributed by atoms with Gasteiger partial charge in [-0.05, 0) is 46.1 Å². The Morgan fingerprint density at radius 1 is 1.31 bits per heavy atom. The predicted molar refractivity (Wildman–Crippen MR) is 109 cm³/mol. The molecule has 160 valence electrons. The third-order valence-electron chi connectivity index (χ3n) is 5.51. The van der Waals surface area contributed by atoms with E-state index in [0.29, 0.717) is 31.6 Å². The summed E-state index contributed by atoms with van der Waals surface area (Å²) < 4.78 is 30.8. The number of nitrogens with zero attached hydrogens (tertiary/aromatic N) is 5. The molecule has 0 aromatic carbocycles. The van der Waals surface area contributed by atoms with Gasteiger partial charge in [-0.3, -0.25) is 14.2 Å². The predicted octanol–water partition coefficient (Wildman–Crippen LogP) is 1.15. The highest BCUT2D eigenvalue weighted by atomic mass is 32.2. The van der Waals surface area contributed by atoms with Crippen molar-refractivity contribution in [3.63, 3.8) is 0 Å². The van der Waals surface area contributed by atoms with Crippen molar-refractivity contribution in [3.8, 4) is 0 Å². The molecule has 2 aromatic heterocycles. The van der Waals surface area contributed by atoms with Gasteiger partial charge in [-0.1, -0.05) is 0 Å². The van der Waals surface area contributed by atoms with Crippen molar-refractivity contribution < 1.29 is 13.2 Å². The van der Waals surface area contributed by atoms with Gasteiger partial charge in [0.15, 0.2) is 0 Å². The molecule has 0 saturated carbocycles. The molecule has 1 atom stereocenters. The van der Waals surface area contributed by atoms with Crippen molar-refractivity contribution in [2.24, 2.45) is 13.0 Å². The number of rotatable bonds is 7. The van der Waals surface area contributed by atoms with E-state index in [2.05, 4.69) is 15.5 Å². The average molecular weight is 423 g/mol. The lowest BCUT2D eigenvalue weighted by molar-refractivity contribution is -0.126. The van der Waals surface area contributed by atoms with Crippen LogP contribution in [0.3, 0.4) is 0 Å². The summed E-state index contributed by atoms with van der Waals surface area (Å²) in [6, 6.07) is 2.03. The smallest absolute Gasteiger partial charge is 0.246 e. The summed E-state index contributed by atoms with van der Waals surface area (Å²) in [5.41, 5.74) is 2.69. The van der Waals surface area contributed by atoms with Crippen LogP contribution in [-0.2, 0) is 28.4 Å². The van der Waals surface area contributed by atoms with E-state index in [1.807, 2.05) is 24.6 Å². The standard InChI is InChI=1S/C19H30N6O3S/c1-14-11-15(2)25(22-14)10-6-8-20-19(26)17-7-5-9-24(13-17)29(27,28)18-12-21-23(4)16(18)3/h11-12,17H,5-10,13H2,1-4H3,(H,20,26). The fraction of sp³-hybridized carbons (Fsp3) is 0.632. The summed E-state index contributed by atoms with van der Waals surface area (Å²) in [7, 11) is -1.93. The van der Waals surface area contributed by atoms with Crippen LogP contribution in [0.5, 0.6) is 0 Å². The van der Waals surface area contributed by atoms with Crippen LogP contribution in [0, 0.1) is 26.7 Å². The van der Waals surface area contributed by atoms with Crippen molar-refractivity contribution in [2.45, 2.75) is 51.5 Å². The third-order valence-corrected chi connectivity index (χ3v) is 7.48. The van der Waals surface area contributed by atoms with Gasteiger partial charge < -0.3 is 5.32 Å². The molecule has 0 radical (unpaired) electrons. The summed E-state index contributed by atoms with van der Waals surface area (Å²) >= 11 is 0. The molecule has 0 spiro atoms. The second kappa shape index (κ2) is 8.66. The molecule has 3 heterocycles. The number of hydrogen-bond acceptors (Lipinski definition) is 5. The van der Waals surface area contributed by atoms with Crippen LogP contribution in [-0.4, -0.2) is 57.8 Å². The highest BCUT2D eigenvalue weighted by molar-refractivity contribution is 7.89. The fourth-order valence-corrected chi connectivity index (χ4v) is 5.44. The molecule has 3 rings (SSSR count). The van der Waals surface area contributed by atoms with Crippen LogP contribution in [0.15, 0.2) is 17.2 Å². The van der Waals surface area contributed by atoms with Gasteiger partial charge in [-0.15, -0.1) is 0 Å². The van der Waals surface area contributed by atoms with Crippen molar-refractivity contribution in [2.75, 3.05) is 19.6 Å². The molecule has 10 heteroatoms. The summed E-state index contributed by atoms with van der Waals surface area (Å²) in [5, 5.41) is 11.4. The van der Waals surface area contributed by atoms with E-state index in [1.54, 1.807) is 18.7 Å². The SMILES string of the molecule is Cc1cc(C)n(CCCNC(=O)C2CCCN(S(=O)(=O)c3cnn(C)c3C)C2)n1. The lowest BCUT2D eigenvalue weighted by Crippen LogP contribution is -2.45. The monoisotopic (exact) mass is 422 g/mol. The molecule has 29 heavy (non-hydrogen) atoms. The van der Waals surface area contributed by atoms with Gasteiger partial charge in [0, 0.05) is 38.9 Å². The molecule has 1 saturated heterocycles. The number of hydrogen-bond donors (Lipinski definition) is 1. The maximum atomic E-state index is 13.0. The zero-order valence-electron chi connectivity index (χ0n) is 17.6. The van der Waals surface area contributed by atoms with Crippen molar-refractivity contribution in [1.82, 2.24) is 29.2 Å². The molecule has 2 aromatic rings. The zero-order valence-corrected chi connectivity index (χ0v) is 18.4. The van der Waals surface area contributed by atoms with Crippen LogP contribution in [0.4, 0.5) is 0 Å². The van der Waals surface area contributed by atoms with Gasteiger partial charge in [0.2, 0.25) is 15.9 Å². The molecule has 1 N–H and O–H groups in total. The second-order valence-corrected chi connectivity index (χ2v) is 9.62. The number of piperidine rings is 1. The Labute approximate surface area is 172 Å². The van der Waals surface area contributed by atoms with E-state index < -0.39 is 10.0 Å². The maximum Gasteiger partial charge on any atom is 0.246 e. The molecule has 1 aliphatic heterocycles. The Morgan fingerprint density at radius 2 is 2.07 bits per heavy atom. The molecular formula is C19H30N6O3S. The normalized spacial score (nSPS) is 18.1. The molecule has 0 aliphatic carbocycles. The van der Waals surface area contributed by atoms with Gasteiger partial charge in [-0.25, -0.2) is 8.42 Å². The fourth-order valence-electron chi connectivity index (χ4n) is 3.73. The van der Waals surface area contributed by atoms with Crippen molar-refractivity contribution in [1.29, 1.82) is 0 Å². The van der Waals surface area contributed by atoms with E-state index in [9.17, 15) is 13.2 Å². The Morgan fingerprint density at radius 3 is 2.69 bits per heavy atom. The van der Waals surface area contributed by atoms with Crippen molar-refractivity contribution >= 4 is 15.9 Å². The van der Waals surface area contributed by atoms with Gasteiger partial charge in [0.05, 0.1) is 23.5 Å². The van der Waals surface area contributed by atoms with E-state index in [0.717, 1.165) is 24.4 Å². The summed E-state index contributed by atoms with van der Waals surface area (Å²) in [6.45, 7) is 7.63.